The van der Waals surface area contributed by atoms with Crippen LogP contribution < -0.4 is 0 Å². The molecule has 2 heteroatoms. The molecular formula is C14H20O2. The van der Waals surface area contributed by atoms with Crippen LogP contribution in [0.1, 0.15) is 32.3 Å². The van der Waals surface area contributed by atoms with Crippen LogP contribution in [-0.2, 0) is 11.2 Å². The second-order valence-electron chi connectivity index (χ2n) is 3.67. The average Bonchev–Trinajstić information content (AvgIpc) is 2.28. The first-order valence-corrected chi connectivity index (χ1v) is 5.50. The summed E-state index contributed by atoms with van der Waals surface area (Å²) in [5, 5.41) is 7.89. The molecule has 0 aliphatic carbocycles. The Labute approximate surface area is 97.6 Å². The zero-order chi connectivity index (χ0) is 12.4. The third-order valence-electron chi connectivity index (χ3n) is 2.03. The molecule has 1 aromatic carbocycles. The van der Waals surface area contributed by atoms with Gasteiger partial charge >= 0.3 is 5.97 Å². The normalized spacial score (nSPS) is 8.88. The SMILES string of the molecule is C=C(C)C(=O)O.CCCCc1ccccc1. The van der Waals surface area contributed by atoms with E-state index in [-0.39, 0.29) is 5.57 Å². The highest BCUT2D eigenvalue weighted by Gasteiger charge is 1.90. The Morgan fingerprint density at radius 2 is 1.81 bits per heavy atom. The first-order chi connectivity index (χ1) is 7.57. The van der Waals surface area contributed by atoms with Crippen molar-refractivity contribution in [3.05, 3.63) is 48.0 Å². The third-order valence-corrected chi connectivity index (χ3v) is 2.03. The summed E-state index contributed by atoms with van der Waals surface area (Å²) >= 11 is 0. The van der Waals surface area contributed by atoms with Gasteiger partial charge in [0.1, 0.15) is 0 Å². The summed E-state index contributed by atoms with van der Waals surface area (Å²) in [5.74, 6) is -0.935. The molecule has 0 atom stereocenters. The minimum Gasteiger partial charge on any atom is -0.478 e. The molecule has 88 valence electrons. The number of rotatable bonds is 4. The zero-order valence-corrected chi connectivity index (χ0v) is 10.1. The van der Waals surface area contributed by atoms with Crippen molar-refractivity contribution in [1.82, 2.24) is 0 Å². The summed E-state index contributed by atoms with van der Waals surface area (Å²) in [6, 6.07) is 10.6. The van der Waals surface area contributed by atoms with Crippen LogP contribution >= 0.6 is 0 Å². The van der Waals surface area contributed by atoms with Gasteiger partial charge in [0, 0.05) is 5.57 Å². The summed E-state index contributed by atoms with van der Waals surface area (Å²) in [6.07, 6.45) is 3.83. The maximum absolute atomic E-state index is 9.60. The van der Waals surface area contributed by atoms with E-state index in [1.165, 1.54) is 31.7 Å². The van der Waals surface area contributed by atoms with Gasteiger partial charge in [-0.15, -0.1) is 0 Å². The van der Waals surface area contributed by atoms with Gasteiger partial charge in [0.05, 0.1) is 0 Å². The van der Waals surface area contributed by atoms with Crippen LogP contribution in [0, 0.1) is 0 Å². The van der Waals surface area contributed by atoms with E-state index in [0.717, 1.165) is 0 Å². The van der Waals surface area contributed by atoms with Crippen molar-refractivity contribution in [3.63, 3.8) is 0 Å². The zero-order valence-electron chi connectivity index (χ0n) is 10.1. The van der Waals surface area contributed by atoms with Gasteiger partial charge in [0.2, 0.25) is 0 Å². The van der Waals surface area contributed by atoms with Crippen molar-refractivity contribution in [2.75, 3.05) is 0 Å². The van der Waals surface area contributed by atoms with E-state index < -0.39 is 5.97 Å². The lowest BCUT2D eigenvalue weighted by molar-refractivity contribution is -0.132. The van der Waals surface area contributed by atoms with E-state index in [9.17, 15) is 4.79 Å². The number of carbonyl (C=O) groups is 1. The minimum absolute atomic E-state index is 0.176. The Kier molecular flexibility index (Phi) is 7.86. The Hall–Kier alpha value is -1.57. The van der Waals surface area contributed by atoms with Crippen molar-refractivity contribution in [2.45, 2.75) is 33.1 Å². The Bertz CT molecular complexity index is 303. The van der Waals surface area contributed by atoms with Crippen molar-refractivity contribution < 1.29 is 9.90 Å². The maximum Gasteiger partial charge on any atom is 0.330 e. The molecular weight excluding hydrogens is 200 g/mol. The number of aliphatic carboxylic acids is 1. The number of carboxylic acid groups (broad SMARTS) is 1. The fourth-order valence-corrected chi connectivity index (χ4v) is 1.03. The summed E-state index contributed by atoms with van der Waals surface area (Å²) in [6.45, 7) is 6.83. The van der Waals surface area contributed by atoms with E-state index in [1.54, 1.807) is 0 Å². The summed E-state index contributed by atoms with van der Waals surface area (Å²) in [4.78, 5) is 9.60. The molecule has 0 spiro atoms. The summed E-state index contributed by atoms with van der Waals surface area (Å²) < 4.78 is 0. The molecule has 0 bridgehead atoms. The lowest BCUT2D eigenvalue weighted by Gasteiger charge is -1.96. The van der Waals surface area contributed by atoms with Crippen molar-refractivity contribution in [3.8, 4) is 0 Å². The molecule has 2 nitrogen and oxygen atoms in total. The van der Waals surface area contributed by atoms with Crippen LogP contribution in [0.5, 0.6) is 0 Å². The second-order valence-corrected chi connectivity index (χ2v) is 3.67. The van der Waals surface area contributed by atoms with Crippen molar-refractivity contribution in [2.24, 2.45) is 0 Å². The van der Waals surface area contributed by atoms with Gasteiger partial charge in [-0.25, -0.2) is 4.79 Å². The Morgan fingerprint density at radius 1 is 1.31 bits per heavy atom. The molecule has 0 saturated heterocycles. The van der Waals surface area contributed by atoms with E-state index in [4.69, 9.17) is 5.11 Å². The molecule has 0 radical (unpaired) electrons. The molecule has 1 aromatic rings. The molecule has 1 N–H and O–H groups in total. The fraction of sp³-hybridized carbons (Fsp3) is 0.357. The topological polar surface area (TPSA) is 37.3 Å². The number of benzene rings is 1. The van der Waals surface area contributed by atoms with E-state index in [0.29, 0.717) is 0 Å². The van der Waals surface area contributed by atoms with Gasteiger partial charge in [0.15, 0.2) is 0 Å². The van der Waals surface area contributed by atoms with Crippen LogP contribution in [0.25, 0.3) is 0 Å². The summed E-state index contributed by atoms with van der Waals surface area (Å²) in [7, 11) is 0. The second kappa shape index (κ2) is 8.72. The number of carboxylic acids is 1. The Morgan fingerprint density at radius 3 is 2.19 bits per heavy atom. The lowest BCUT2D eigenvalue weighted by atomic mass is 10.1. The highest BCUT2D eigenvalue weighted by molar-refractivity contribution is 5.84. The van der Waals surface area contributed by atoms with Crippen LogP contribution in [0.2, 0.25) is 0 Å². The molecule has 0 unspecified atom stereocenters. The van der Waals surface area contributed by atoms with Gasteiger partial charge in [-0.3, -0.25) is 0 Å². The number of hydrogen-bond donors (Lipinski definition) is 1. The quantitative estimate of drug-likeness (QED) is 0.786. The predicted octanol–water partition coefficient (Wildman–Crippen LogP) is 3.68. The molecule has 0 saturated carbocycles. The monoisotopic (exact) mass is 220 g/mol. The molecule has 16 heavy (non-hydrogen) atoms. The molecule has 0 aromatic heterocycles. The molecule has 0 heterocycles. The highest BCUT2D eigenvalue weighted by Crippen LogP contribution is 2.03. The van der Waals surface area contributed by atoms with E-state index >= 15 is 0 Å². The van der Waals surface area contributed by atoms with Crippen LogP contribution in [0.4, 0.5) is 0 Å². The van der Waals surface area contributed by atoms with Gasteiger partial charge in [-0.2, -0.15) is 0 Å². The molecule has 0 aliphatic rings. The third kappa shape index (κ3) is 7.80. The first-order valence-electron chi connectivity index (χ1n) is 5.50. The van der Waals surface area contributed by atoms with E-state index in [1.807, 2.05) is 0 Å². The highest BCUT2D eigenvalue weighted by atomic mass is 16.4. The minimum atomic E-state index is -0.935. The van der Waals surface area contributed by atoms with Crippen molar-refractivity contribution >= 4 is 5.97 Å². The molecule has 0 aliphatic heterocycles. The van der Waals surface area contributed by atoms with Gasteiger partial charge in [-0.1, -0.05) is 50.3 Å². The maximum atomic E-state index is 9.60. The molecule has 0 amide bonds. The van der Waals surface area contributed by atoms with Gasteiger partial charge in [0.25, 0.3) is 0 Å². The Balaban J connectivity index is 0.000000325. The van der Waals surface area contributed by atoms with Crippen molar-refractivity contribution in [1.29, 1.82) is 0 Å². The largest absolute Gasteiger partial charge is 0.478 e. The smallest absolute Gasteiger partial charge is 0.330 e. The van der Waals surface area contributed by atoms with Crippen LogP contribution in [0.3, 0.4) is 0 Å². The summed E-state index contributed by atoms with van der Waals surface area (Å²) in [5.41, 5.74) is 1.64. The van der Waals surface area contributed by atoms with E-state index in [2.05, 4.69) is 43.8 Å². The lowest BCUT2D eigenvalue weighted by Crippen LogP contribution is -1.92. The predicted molar refractivity (Wildman–Crippen MR) is 67.5 cm³/mol. The fourth-order valence-electron chi connectivity index (χ4n) is 1.03. The average molecular weight is 220 g/mol. The van der Waals surface area contributed by atoms with Crippen LogP contribution in [0.15, 0.2) is 42.5 Å². The number of unbranched alkanes of at least 4 members (excludes halogenated alkanes) is 1. The standard InChI is InChI=1S/C10H14.C4H6O2/c1-2-3-7-10-8-5-4-6-9-10;1-3(2)4(5)6/h4-6,8-9H,2-3,7H2,1H3;1H2,2H3,(H,5,6). The van der Waals surface area contributed by atoms with Crippen LogP contribution in [-0.4, -0.2) is 11.1 Å². The molecule has 1 rings (SSSR count). The van der Waals surface area contributed by atoms with Gasteiger partial charge < -0.3 is 5.11 Å². The number of aryl methyl sites for hydroxylation is 1. The number of hydrogen-bond acceptors (Lipinski definition) is 1. The van der Waals surface area contributed by atoms with Gasteiger partial charge in [-0.05, 0) is 25.3 Å². The molecule has 0 fully saturated rings. The first kappa shape index (κ1) is 14.4.